The van der Waals surface area contributed by atoms with Crippen molar-refractivity contribution in [3.63, 3.8) is 0 Å². The molecule has 4 N–H and O–H groups in total. The normalized spacial score (nSPS) is 14.7. The average molecular weight is 450 g/mol. The van der Waals surface area contributed by atoms with E-state index in [1.54, 1.807) is 37.1 Å². The number of ether oxygens (including phenoxy) is 2. The predicted octanol–water partition coefficient (Wildman–Crippen LogP) is 0.0864. The predicted molar refractivity (Wildman–Crippen MR) is 118 cm³/mol. The van der Waals surface area contributed by atoms with Gasteiger partial charge in [-0.2, -0.15) is 19.6 Å². The lowest BCUT2D eigenvalue weighted by atomic mass is 10.2. The number of aromatic amines is 2. The summed E-state index contributed by atoms with van der Waals surface area (Å²) in [5.41, 5.74) is 1.55. The van der Waals surface area contributed by atoms with Gasteiger partial charge in [0.15, 0.2) is 5.65 Å². The highest BCUT2D eigenvalue weighted by atomic mass is 16.5. The molecular weight excluding hydrogens is 428 g/mol. The van der Waals surface area contributed by atoms with Gasteiger partial charge in [-0.3, -0.25) is 4.98 Å². The maximum atomic E-state index is 11.5. The highest BCUT2D eigenvalue weighted by Gasteiger charge is 2.21. The minimum Gasteiger partial charge on any atom is -0.497 e. The molecule has 0 saturated heterocycles. The third-order valence-corrected chi connectivity index (χ3v) is 5.12. The molecule has 1 aliphatic carbocycles. The summed E-state index contributed by atoms with van der Waals surface area (Å²) in [7, 11) is 3.20. The fraction of sp³-hybridized carbons (Fsp3) is 0.286. The number of H-pyrrole nitrogens is 2. The maximum absolute atomic E-state index is 11.5. The molecule has 33 heavy (non-hydrogen) atoms. The van der Waals surface area contributed by atoms with E-state index in [2.05, 4.69) is 35.3 Å². The van der Waals surface area contributed by atoms with Crippen molar-refractivity contribution in [2.75, 3.05) is 19.5 Å². The van der Waals surface area contributed by atoms with Gasteiger partial charge in [0.2, 0.25) is 11.8 Å². The quantitative estimate of drug-likeness (QED) is 0.309. The number of imidazole rings is 1. The number of benzene rings is 1. The van der Waals surface area contributed by atoms with Crippen LogP contribution < -0.4 is 31.3 Å². The number of aromatic hydroxyl groups is 1. The van der Waals surface area contributed by atoms with Gasteiger partial charge in [-0.25, -0.2) is 9.79 Å². The Morgan fingerprint density at radius 1 is 1.21 bits per heavy atom. The van der Waals surface area contributed by atoms with Crippen molar-refractivity contribution in [2.45, 2.75) is 25.4 Å². The van der Waals surface area contributed by atoms with Gasteiger partial charge in [-0.1, -0.05) is 0 Å². The first-order chi connectivity index (χ1) is 16.0. The summed E-state index contributed by atoms with van der Waals surface area (Å²) in [5, 5.41) is 18.1. The fourth-order valence-electron chi connectivity index (χ4n) is 3.31. The fourth-order valence-corrected chi connectivity index (χ4v) is 3.31. The van der Waals surface area contributed by atoms with Gasteiger partial charge in [-0.05, 0) is 36.6 Å². The van der Waals surface area contributed by atoms with E-state index in [0.717, 1.165) is 18.4 Å². The number of aromatic nitrogens is 6. The molecule has 12 heteroatoms. The van der Waals surface area contributed by atoms with E-state index in [-0.39, 0.29) is 17.6 Å². The van der Waals surface area contributed by atoms with Gasteiger partial charge in [0.25, 0.3) is 5.62 Å². The van der Waals surface area contributed by atoms with Crippen molar-refractivity contribution in [1.82, 2.24) is 29.5 Å². The Morgan fingerprint density at radius 3 is 2.61 bits per heavy atom. The van der Waals surface area contributed by atoms with Gasteiger partial charge in [-0.15, -0.1) is 0 Å². The third kappa shape index (κ3) is 4.35. The number of hydrogen-bond donors (Lipinski definition) is 4. The zero-order valence-corrected chi connectivity index (χ0v) is 18.0. The van der Waals surface area contributed by atoms with E-state index < -0.39 is 5.69 Å². The van der Waals surface area contributed by atoms with Crippen LogP contribution in [-0.2, 0) is 6.54 Å². The van der Waals surface area contributed by atoms with Crippen molar-refractivity contribution < 1.29 is 14.6 Å². The van der Waals surface area contributed by atoms with Crippen molar-refractivity contribution >= 4 is 17.7 Å². The number of rotatable bonds is 7. The largest absolute Gasteiger partial charge is 0.497 e. The molecule has 170 valence electrons. The van der Waals surface area contributed by atoms with Crippen LogP contribution in [-0.4, -0.2) is 54.9 Å². The van der Waals surface area contributed by atoms with Crippen LogP contribution in [0.25, 0.3) is 11.7 Å². The molecule has 3 heterocycles. The first kappa shape index (κ1) is 20.5. The van der Waals surface area contributed by atoms with Crippen LogP contribution in [0.1, 0.15) is 24.1 Å². The molecule has 4 aromatic rings. The maximum Gasteiger partial charge on any atom is 0.326 e. The van der Waals surface area contributed by atoms with Gasteiger partial charge < -0.3 is 24.9 Å². The monoisotopic (exact) mass is 450 g/mol. The Labute approximate surface area is 186 Å². The molecule has 5 rings (SSSR count). The number of anilines is 1. The molecule has 1 aromatic carbocycles. The average Bonchev–Trinajstić information content (AvgIpc) is 3.45. The van der Waals surface area contributed by atoms with Crippen LogP contribution >= 0.6 is 0 Å². The Bertz CT molecular complexity index is 1480. The second kappa shape index (κ2) is 8.30. The van der Waals surface area contributed by atoms with Crippen LogP contribution in [0.2, 0.25) is 0 Å². The van der Waals surface area contributed by atoms with Crippen molar-refractivity contribution in [3.8, 4) is 17.4 Å². The lowest BCUT2D eigenvalue weighted by Crippen LogP contribution is -2.24. The molecule has 3 aromatic heterocycles. The number of hydrogen-bond acceptors (Lipinski definition) is 9. The van der Waals surface area contributed by atoms with Crippen molar-refractivity contribution in [2.24, 2.45) is 4.99 Å². The number of nitrogens with one attached hydrogen (secondary N) is 3. The first-order valence-electron chi connectivity index (χ1n) is 10.3. The first-order valence-corrected chi connectivity index (χ1v) is 10.3. The molecular formula is C21H22N8O4. The standard InChI is InChI=1S/C21H22N8O4/c1-32-14-5-11(6-15(8-14)33-2)9-22-19-26-17-12(7-16-18(30)27-21(31)25-16)10-23-29(17)20(28-19)24-13-3-4-13/h5-8,10,13,30H,3-4,9H2,1-2H3,(H,22,24,28)(H2,25,27,31)/b12-7+. The topological polar surface area (TPSA) is 155 Å². The van der Waals surface area contributed by atoms with E-state index in [0.29, 0.717) is 40.5 Å². The van der Waals surface area contributed by atoms with Crippen LogP contribution in [0.15, 0.2) is 34.2 Å². The molecule has 0 spiro atoms. The lowest BCUT2D eigenvalue weighted by molar-refractivity contribution is 0.393. The van der Waals surface area contributed by atoms with Gasteiger partial charge >= 0.3 is 5.69 Å². The molecule has 0 radical (unpaired) electrons. The highest BCUT2D eigenvalue weighted by molar-refractivity contribution is 5.57. The van der Waals surface area contributed by atoms with Crippen LogP contribution in [0.3, 0.4) is 0 Å². The van der Waals surface area contributed by atoms with Gasteiger partial charge in [0.05, 0.1) is 26.5 Å². The smallest absolute Gasteiger partial charge is 0.326 e. The lowest BCUT2D eigenvalue weighted by Gasteiger charge is -2.09. The van der Waals surface area contributed by atoms with Crippen molar-refractivity contribution in [3.05, 3.63) is 57.0 Å². The molecule has 0 atom stereocenters. The summed E-state index contributed by atoms with van der Waals surface area (Å²) in [6, 6.07) is 5.81. The van der Waals surface area contributed by atoms with E-state index >= 15 is 0 Å². The molecule has 0 aliphatic heterocycles. The summed E-state index contributed by atoms with van der Waals surface area (Å²) < 4.78 is 12.2. The van der Waals surface area contributed by atoms with E-state index in [1.807, 2.05) is 12.1 Å². The summed E-state index contributed by atoms with van der Waals surface area (Å²) in [4.78, 5) is 30.1. The van der Waals surface area contributed by atoms with E-state index in [1.165, 1.54) is 0 Å². The SMILES string of the molecule is COc1cc(CNc2nc(=NC3CC3)n3nc/c(=C\c4[nH]c(=O)[nH]c4O)c3n2)cc(OC)c1. The van der Waals surface area contributed by atoms with Crippen LogP contribution in [0.5, 0.6) is 17.4 Å². The second-order valence-corrected chi connectivity index (χ2v) is 7.60. The molecule has 0 amide bonds. The zero-order chi connectivity index (χ0) is 22.9. The minimum absolute atomic E-state index is 0.222. The number of nitrogens with zero attached hydrogens (tertiary/aromatic N) is 5. The molecule has 0 bridgehead atoms. The Hall–Kier alpha value is -4.35. The molecule has 1 saturated carbocycles. The highest BCUT2D eigenvalue weighted by Crippen LogP contribution is 2.23. The van der Waals surface area contributed by atoms with Crippen molar-refractivity contribution in [1.29, 1.82) is 0 Å². The number of fused-ring (bicyclic) bond motifs is 1. The minimum atomic E-state index is -0.509. The summed E-state index contributed by atoms with van der Waals surface area (Å²) in [6.45, 7) is 0.422. The van der Waals surface area contributed by atoms with Crippen LogP contribution in [0.4, 0.5) is 5.95 Å². The third-order valence-electron chi connectivity index (χ3n) is 5.12. The van der Waals surface area contributed by atoms with Crippen LogP contribution in [0, 0.1) is 0 Å². The Kier molecular flexibility index (Phi) is 5.17. The van der Waals surface area contributed by atoms with Gasteiger partial charge in [0.1, 0.15) is 17.2 Å². The zero-order valence-electron chi connectivity index (χ0n) is 18.0. The van der Waals surface area contributed by atoms with Gasteiger partial charge in [0, 0.05) is 17.8 Å². The van der Waals surface area contributed by atoms with E-state index in [9.17, 15) is 9.90 Å². The molecule has 1 fully saturated rings. The number of methoxy groups -OCH3 is 2. The molecule has 12 nitrogen and oxygen atoms in total. The molecule has 0 unspecified atom stereocenters. The summed E-state index contributed by atoms with van der Waals surface area (Å²) in [6.07, 6.45) is 5.19. The Balaban J connectivity index is 1.55. The summed E-state index contributed by atoms with van der Waals surface area (Å²) in [5.74, 6) is 1.46. The van der Waals surface area contributed by atoms with E-state index in [4.69, 9.17) is 9.47 Å². The molecule has 1 aliphatic rings. The summed E-state index contributed by atoms with van der Waals surface area (Å²) >= 11 is 0. The second-order valence-electron chi connectivity index (χ2n) is 7.60. The Morgan fingerprint density at radius 2 is 1.97 bits per heavy atom.